The van der Waals surface area contributed by atoms with Crippen LogP contribution in [0.15, 0.2) is 12.1 Å². The van der Waals surface area contributed by atoms with E-state index in [0.717, 1.165) is 16.7 Å². The van der Waals surface area contributed by atoms with E-state index in [1.165, 1.54) is 0 Å². The van der Waals surface area contributed by atoms with Gasteiger partial charge in [0.2, 0.25) is 0 Å². The van der Waals surface area contributed by atoms with Crippen LogP contribution in [0.5, 0.6) is 5.75 Å². The summed E-state index contributed by atoms with van der Waals surface area (Å²) in [4.78, 5) is 11.9. The van der Waals surface area contributed by atoms with Crippen LogP contribution < -0.4 is 0 Å². The Morgan fingerprint density at radius 2 is 1.52 bits per heavy atom. The normalized spacial score (nSPS) is 13.7. The van der Waals surface area contributed by atoms with Crippen molar-refractivity contribution in [3.05, 3.63) is 28.8 Å². The maximum atomic E-state index is 11.9. The molecule has 0 spiro atoms. The number of hydrogen-bond donors (Lipinski definition) is 1. The molecule has 130 valence electrons. The summed E-state index contributed by atoms with van der Waals surface area (Å²) in [7, 11) is 0. The maximum absolute atomic E-state index is 11.9. The second-order valence-corrected chi connectivity index (χ2v) is 8.40. The lowest BCUT2D eigenvalue weighted by Crippen LogP contribution is -2.20. The van der Waals surface area contributed by atoms with Gasteiger partial charge in [-0.25, -0.2) is 0 Å². The summed E-state index contributed by atoms with van der Waals surface area (Å²) < 4.78 is 5.11. The van der Waals surface area contributed by atoms with Crippen LogP contribution in [0.3, 0.4) is 0 Å². The van der Waals surface area contributed by atoms with Gasteiger partial charge in [-0.3, -0.25) is 4.79 Å². The van der Waals surface area contributed by atoms with E-state index in [9.17, 15) is 9.90 Å². The van der Waals surface area contributed by atoms with E-state index in [-0.39, 0.29) is 22.7 Å². The molecule has 0 heterocycles. The van der Waals surface area contributed by atoms with Crippen LogP contribution in [-0.2, 0) is 26.8 Å². The molecule has 1 aromatic carbocycles. The van der Waals surface area contributed by atoms with Crippen molar-refractivity contribution >= 4 is 5.97 Å². The molecule has 1 unspecified atom stereocenters. The maximum Gasteiger partial charge on any atom is 0.308 e. The first-order valence-corrected chi connectivity index (χ1v) is 8.41. The molecule has 0 aromatic heterocycles. The lowest BCUT2D eigenvalue weighted by atomic mass is 9.77. The Morgan fingerprint density at radius 3 is 1.87 bits per heavy atom. The predicted octanol–water partition coefficient (Wildman–Crippen LogP) is 4.73. The first kappa shape index (κ1) is 19.5. The molecule has 1 rings (SSSR count). The number of esters is 1. The van der Waals surface area contributed by atoms with Gasteiger partial charge in [-0.05, 0) is 40.9 Å². The van der Waals surface area contributed by atoms with E-state index < -0.39 is 0 Å². The van der Waals surface area contributed by atoms with Crippen molar-refractivity contribution in [3.63, 3.8) is 0 Å². The molecule has 0 fully saturated rings. The highest BCUT2D eigenvalue weighted by Gasteiger charge is 2.27. The van der Waals surface area contributed by atoms with Gasteiger partial charge < -0.3 is 9.84 Å². The molecular weight excluding hydrogens is 288 g/mol. The standard InChI is InChI=1S/C20H32O3/c1-9-23-18(22)13(2)10-14-11-15(19(3,4)5)17(21)16(12-14)20(6,7)8/h11-13,21H,9-10H2,1-8H3. The number of rotatable bonds is 4. The smallest absolute Gasteiger partial charge is 0.308 e. The second kappa shape index (κ2) is 6.94. The molecule has 0 saturated carbocycles. The Balaban J connectivity index is 3.31. The van der Waals surface area contributed by atoms with Gasteiger partial charge in [-0.2, -0.15) is 0 Å². The molecule has 0 aliphatic heterocycles. The Morgan fingerprint density at radius 1 is 1.09 bits per heavy atom. The number of carbonyl (C=O) groups is 1. The number of phenols is 1. The third-order valence-corrected chi connectivity index (χ3v) is 4.02. The Hall–Kier alpha value is -1.51. The molecule has 0 bridgehead atoms. The minimum Gasteiger partial charge on any atom is -0.507 e. The van der Waals surface area contributed by atoms with Gasteiger partial charge in [0.25, 0.3) is 0 Å². The fourth-order valence-electron chi connectivity index (χ4n) is 2.68. The van der Waals surface area contributed by atoms with Crippen molar-refractivity contribution in [1.82, 2.24) is 0 Å². The van der Waals surface area contributed by atoms with E-state index in [1.807, 2.05) is 26.0 Å². The van der Waals surface area contributed by atoms with Crippen LogP contribution in [0, 0.1) is 5.92 Å². The number of benzene rings is 1. The molecule has 1 N–H and O–H groups in total. The Kier molecular flexibility index (Phi) is 5.89. The molecule has 3 heteroatoms. The molecular formula is C20H32O3. The number of aromatic hydroxyl groups is 1. The summed E-state index contributed by atoms with van der Waals surface area (Å²) in [5.41, 5.74) is 2.60. The van der Waals surface area contributed by atoms with Gasteiger partial charge in [0.1, 0.15) is 5.75 Å². The van der Waals surface area contributed by atoms with Gasteiger partial charge in [0, 0.05) is 0 Å². The molecule has 0 amide bonds. The van der Waals surface area contributed by atoms with Crippen LogP contribution in [0.25, 0.3) is 0 Å². The first-order chi connectivity index (χ1) is 10.4. The molecule has 23 heavy (non-hydrogen) atoms. The van der Waals surface area contributed by atoms with Crippen molar-refractivity contribution in [3.8, 4) is 5.75 Å². The summed E-state index contributed by atoms with van der Waals surface area (Å²) in [5.74, 6) is 0.00728. The van der Waals surface area contributed by atoms with Gasteiger partial charge in [0.15, 0.2) is 0 Å². The highest BCUT2D eigenvalue weighted by Crippen LogP contribution is 2.40. The summed E-state index contributed by atoms with van der Waals surface area (Å²) in [6, 6.07) is 4.06. The molecule has 0 aliphatic carbocycles. The molecule has 1 atom stereocenters. The molecule has 0 aliphatic rings. The fraction of sp³-hybridized carbons (Fsp3) is 0.650. The third-order valence-electron chi connectivity index (χ3n) is 4.02. The van der Waals surface area contributed by atoms with E-state index in [1.54, 1.807) is 0 Å². The summed E-state index contributed by atoms with van der Waals surface area (Å²) in [6.07, 6.45) is 0.616. The van der Waals surface area contributed by atoms with E-state index in [4.69, 9.17) is 4.74 Å². The van der Waals surface area contributed by atoms with Crippen LogP contribution in [0.4, 0.5) is 0 Å². The Labute approximate surface area is 141 Å². The number of carbonyl (C=O) groups excluding carboxylic acids is 1. The van der Waals surface area contributed by atoms with E-state index in [2.05, 4.69) is 41.5 Å². The predicted molar refractivity (Wildman–Crippen MR) is 95.0 cm³/mol. The fourth-order valence-corrected chi connectivity index (χ4v) is 2.68. The van der Waals surface area contributed by atoms with Crippen molar-refractivity contribution in [2.45, 2.75) is 72.6 Å². The molecule has 3 nitrogen and oxygen atoms in total. The largest absolute Gasteiger partial charge is 0.507 e. The van der Waals surface area contributed by atoms with Gasteiger partial charge in [-0.15, -0.1) is 0 Å². The monoisotopic (exact) mass is 320 g/mol. The zero-order valence-electron chi connectivity index (χ0n) is 15.9. The van der Waals surface area contributed by atoms with Gasteiger partial charge in [-0.1, -0.05) is 60.6 Å². The summed E-state index contributed by atoms with van der Waals surface area (Å²) in [6.45, 7) is 16.7. The molecule has 0 radical (unpaired) electrons. The summed E-state index contributed by atoms with van der Waals surface area (Å²) >= 11 is 0. The topological polar surface area (TPSA) is 46.5 Å². The second-order valence-electron chi connectivity index (χ2n) is 8.40. The minimum absolute atomic E-state index is 0.159. The van der Waals surface area contributed by atoms with Crippen LogP contribution in [0.1, 0.15) is 72.1 Å². The average Bonchev–Trinajstić information content (AvgIpc) is 2.38. The van der Waals surface area contributed by atoms with Crippen molar-refractivity contribution < 1.29 is 14.6 Å². The highest BCUT2D eigenvalue weighted by molar-refractivity contribution is 5.72. The van der Waals surface area contributed by atoms with Gasteiger partial charge in [0.05, 0.1) is 12.5 Å². The zero-order valence-corrected chi connectivity index (χ0v) is 15.9. The Bertz CT molecular complexity index is 524. The number of phenolic OH excluding ortho intramolecular Hbond substituents is 1. The van der Waals surface area contributed by atoms with Crippen molar-refractivity contribution in [2.75, 3.05) is 6.61 Å². The van der Waals surface area contributed by atoms with Crippen LogP contribution in [0.2, 0.25) is 0 Å². The molecule has 1 aromatic rings. The van der Waals surface area contributed by atoms with Crippen LogP contribution >= 0.6 is 0 Å². The highest BCUT2D eigenvalue weighted by atomic mass is 16.5. The average molecular weight is 320 g/mol. The van der Waals surface area contributed by atoms with Gasteiger partial charge >= 0.3 is 5.97 Å². The van der Waals surface area contributed by atoms with E-state index >= 15 is 0 Å². The lowest BCUT2D eigenvalue weighted by Gasteiger charge is -2.28. The summed E-state index contributed by atoms with van der Waals surface area (Å²) in [5, 5.41) is 10.7. The van der Waals surface area contributed by atoms with E-state index in [0.29, 0.717) is 18.8 Å². The number of ether oxygens (including phenoxy) is 1. The quantitative estimate of drug-likeness (QED) is 0.816. The third kappa shape index (κ3) is 4.98. The molecule has 0 saturated heterocycles. The lowest BCUT2D eigenvalue weighted by molar-refractivity contribution is -0.147. The minimum atomic E-state index is -0.194. The zero-order chi connectivity index (χ0) is 18.0. The van der Waals surface area contributed by atoms with Crippen molar-refractivity contribution in [2.24, 2.45) is 5.92 Å². The first-order valence-electron chi connectivity index (χ1n) is 8.41. The van der Waals surface area contributed by atoms with Crippen LogP contribution in [-0.4, -0.2) is 17.7 Å². The van der Waals surface area contributed by atoms with Crippen molar-refractivity contribution in [1.29, 1.82) is 0 Å². The SMILES string of the molecule is CCOC(=O)C(C)Cc1cc(C(C)(C)C)c(O)c(C(C)(C)C)c1. The number of hydrogen-bond acceptors (Lipinski definition) is 3.